The summed E-state index contributed by atoms with van der Waals surface area (Å²) in [6.07, 6.45) is 2.09. The van der Waals surface area contributed by atoms with Gasteiger partial charge in [0.25, 0.3) is 0 Å². The van der Waals surface area contributed by atoms with Crippen molar-refractivity contribution in [1.29, 1.82) is 0 Å². The molecule has 0 unspecified atom stereocenters. The van der Waals surface area contributed by atoms with Crippen LogP contribution in [0.4, 0.5) is 4.79 Å². The predicted octanol–water partition coefficient (Wildman–Crippen LogP) is 3.26. The maximum atomic E-state index is 11.3. The molecule has 0 bridgehead atoms. The molecule has 0 aromatic heterocycles. The molecule has 0 spiro atoms. The van der Waals surface area contributed by atoms with Gasteiger partial charge in [-0.3, -0.25) is 0 Å². The van der Waals surface area contributed by atoms with Crippen LogP contribution >= 0.6 is 11.8 Å². The molecule has 2 rings (SSSR count). The van der Waals surface area contributed by atoms with Gasteiger partial charge in [0.05, 0.1) is 5.03 Å². The topological polar surface area (TPSA) is 81.1 Å². The normalized spacial score (nSPS) is 15.3. The SMILES string of the molecule is CC1=C(S/C(NC(N)=O)=C(\C)CN)c2cc(C)ccc2CC1. The number of benzene rings is 1. The first kappa shape index (κ1) is 16.6. The third-order valence-electron chi connectivity index (χ3n) is 3.80. The zero-order chi connectivity index (χ0) is 16.3. The molecule has 0 atom stereocenters. The van der Waals surface area contributed by atoms with Gasteiger partial charge in [0.15, 0.2) is 0 Å². The van der Waals surface area contributed by atoms with Crippen molar-refractivity contribution >= 4 is 22.7 Å². The molecule has 0 aliphatic heterocycles. The smallest absolute Gasteiger partial charge is 0.317 e. The summed E-state index contributed by atoms with van der Waals surface area (Å²) in [5.74, 6) is 0. The fourth-order valence-corrected chi connectivity index (χ4v) is 3.64. The Kier molecular flexibility index (Phi) is 5.32. The van der Waals surface area contributed by atoms with Crippen molar-refractivity contribution < 1.29 is 4.79 Å². The summed E-state index contributed by atoms with van der Waals surface area (Å²) >= 11 is 1.55. The zero-order valence-electron chi connectivity index (χ0n) is 13.3. The minimum Gasteiger partial charge on any atom is -0.351 e. The molecule has 0 saturated heterocycles. The third kappa shape index (κ3) is 3.72. The van der Waals surface area contributed by atoms with Crippen LogP contribution in [0.3, 0.4) is 0 Å². The third-order valence-corrected chi connectivity index (χ3v) is 5.23. The first-order valence-corrected chi connectivity index (χ1v) is 8.17. The Morgan fingerprint density at radius 1 is 1.32 bits per heavy atom. The van der Waals surface area contributed by atoms with E-state index < -0.39 is 6.03 Å². The molecule has 22 heavy (non-hydrogen) atoms. The predicted molar refractivity (Wildman–Crippen MR) is 94.2 cm³/mol. The number of urea groups is 1. The molecule has 118 valence electrons. The van der Waals surface area contributed by atoms with Gasteiger partial charge in [-0.05, 0) is 50.3 Å². The average Bonchev–Trinajstić information content (AvgIpc) is 2.48. The molecule has 1 aliphatic rings. The van der Waals surface area contributed by atoms with Gasteiger partial charge in [0.2, 0.25) is 0 Å². The maximum absolute atomic E-state index is 11.3. The molecule has 5 N–H and O–H groups in total. The van der Waals surface area contributed by atoms with E-state index in [0.717, 1.165) is 23.4 Å². The molecular formula is C17H23N3OS. The number of hydrogen-bond acceptors (Lipinski definition) is 3. The monoisotopic (exact) mass is 317 g/mol. The lowest BCUT2D eigenvalue weighted by Gasteiger charge is -2.23. The molecule has 1 aromatic carbocycles. The van der Waals surface area contributed by atoms with Gasteiger partial charge in [-0.2, -0.15) is 0 Å². The van der Waals surface area contributed by atoms with E-state index in [1.807, 2.05) is 6.92 Å². The van der Waals surface area contributed by atoms with Gasteiger partial charge < -0.3 is 16.8 Å². The molecule has 5 heteroatoms. The number of nitrogens with one attached hydrogen (secondary N) is 1. The van der Waals surface area contributed by atoms with E-state index in [1.54, 1.807) is 11.8 Å². The Labute approximate surface area is 136 Å². The second kappa shape index (κ2) is 7.03. The molecular weight excluding hydrogens is 294 g/mol. The highest BCUT2D eigenvalue weighted by Gasteiger charge is 2.19. The first-order valence-electron chi connectivity index (χ1n) is 7.36. The zero-order valence-corrected chi connectivity index (χ0v) is 14.1. The van der Waals surface area contributed by atoms with Crippen molar-refractivity contribution in [3.8, 4) is 0 Å². The number of amides is 2. The van der Waals surface area contributed by atoms with Gasteiger partial charge in [-0.15, -0.1) is 0 Å². The van der Waals surface area contributed by atoms with Crippen LogP contribution in [-0.2, 0) is 6.42 Å². The highest BCUT2D eigenvalue weighted by molar-refractivity contribution is 8.11. The summed E-state index contributed by atoms with van der Waals surface area (Å²) in [6.45, 7) is 6.53. The van der Waals surface area contributed by atoms with E-state index in [4.69, 9.17) is 11.5 Å². The van der Waals surface area contributed by atoms with E-state index in [-0.39, 0.29) is 0 Å². The number of carbonyl (C=O) groups excluding carboxylic acids is 1. The average molecular weight is 317 g/mol. The van der Waals surface area contributed by atoms with E-state index in [0.29, 0.717) is 6.54 Å². The number of aryl methyl sites for hydroxylation is 2. The standard InChI is InChI=1S/C17H23N3OS/c1-10-4-6-13-7-5-11(2)15(14(13)8-10)22-16(12(3)9-18)20-17(19)21/h4,6,8H,5,7,9,18H2,1-3H3,(H3,19,20,21)/b16-12+. The Morgan fingerprint density at radius 2 is 2.05 bits per heavy atom. The van der Waals surface area contributed by atoms with E-state index in [2.05, 4.69) is 37.4 Å². The molecule has 1 aromatic rings. The molecule has 0 fully saturated rings. The van der Waals surface area contributed by atoms with Crippen LogP contribution in [0.25, 0.3) is 4.91 Å². The molecule has 0 radical (unpaired) electrons. The van der Waals surface area contributed by atoms with E-state index in [1.165, 1.54) is 27.2 Å². The molecule has 2 amide bonds. The molecule has 0 heterocycles. The number of carbonyl (C=O) groups is 1. The quantitative estimate of drug-likeness (QED) is 0.797. The maximum Gasteiger partial charge on any atom is 0.317 e. The highest BCUT2D eigenvalue weighted by Crippen LogP contribution is 2.42. The van der Waals surface area contributed by atoms with Crippen molar-refractivity contribution in [2.45, 2.75) is 33.6 Å². The number of fused-ring (bicyclic) bond motifs is 1. The van der Waals surface area contributed by atoms with Crippen LogP contribution < -0.4 is 16.8 Å². The molecule has 4 nitrogen and oxygen atoms in total. The van der Waals surface area contributed by atoms with Crippen LogP contribution in [-0.4, -0.2) is 12.6 Å². The Morgan fingerprint density at radius 3 is 2.68 bits per heavy atom. The summed E-state index contributed by atoms with van der Waals surface area (Å²) in [6, 6.07) is 5.98. The van der Waals surface area contributed by atoms with Crippen LogP contribution in [0.2, 0.25) is 0 Å². The number of hydrogen-bond donors (Lipinski definition) is 3. The minimum absolute atomic E-state index is 0.385. The first-order chi connectivity index (χ1) is 10.4. The van der Waals surface area contributed by atoms with Crippen molar-refractivity contribution in [3.63, 3.8) is 0 Å². The molecule has 0 saturated carbocycles. The number of rotatable bonds is 4. The summed E-state index contributed by atoms with van der Waals surface area (Å²) < 4.78 is 0. The molecule has 1 aliphatic carbocycles. The number of nitrogens with two attached hydrogens (primary N) is 2. The van der Waals surface area contributed by atoms with Crippen molar-refractivity contribution in [2.24, 2.45) is 11.5 Å². The highest BCUT2D eigenvalue weighted by atomic mass is 32.2. The van der Waals surface area contributed by atoms with Crippen molar-refractivity contribution in [1.82, 2.24) is 5.32 Å². The second-order valence-corrected chi connectivity index (χ2v) is 6.70. The minimum atomic E-state index is -0.561. The largest absolute Gasteiger partial charge is 0.351 e. The summed E-state index contributed by atoms with van der Waals surface area (Å²) in [4.78, 5) is 12.5. The Hall–Kier alpha value is -1.72. The lowest BCUT2D eigenvalue weighted by Crippen LogP contribution is -2.29. The number of primary amides is 1. The summed E-state index contributed by atoms with van der Waals surface area (Å²) in [5.41, 5.74) is 17.1. The van der Waals surface area contributed by atoms with Gasteiger partial charge in [-0.25, -0.2) is 4.79 Å². The lowest BCUT2D eigenvalue weighted by atomic mass is 9.91. The van der Waals surface area contributed by atoms with Gasteiger partial charge in [0, 0.05) is 11.4 Å². The van der Waals surface area contributed by atoms with E-state index in [9.17, 15) is 4.79 Å². The van der Waals surface area contributed by atoms with Crippen molar-refractivity contribution in [2.75, 3.05) is 6.54 Å². The van der Waals surface area contributed by atoms with Crippen LogP contribution in [0.1, 0.15) is 37.0 Å². The van der Waals surface area contributed by atoms with Crippen LogP contribution in [0, 0.1) is 6.92 Å². The number of allylic oxidation sites excluding steroid dienone is 1. The van der Waals surface area contributed by atoms with Crippen LogP contribution in [0.15, 0.2) is 34.4 Å². The van der Waals surface area contributed by atoms with Gasteiger partial charge in [-0.1, -0.05) is 41.1 Å². The lowest BCUT2D eigenvalue weighted by molar-refractivity contribution is 0.251. The van der Waals surface area contributed by atoms with Crippen molar-refractivity contribution in [3.05, 3.63) is 51.1 Å². The second-order valence-electron chi connectivity index (χ2n) is 5.67. The van der Waals surface area contributed by atoms with Gasteiger partial charge in [0.1, 0.15) is 0 Å². The number of thioether (sulfide) groups is 1. The summed E-state index contributed by atoms with van der Waals surface area (Å²) in [7, 11) is 0. The Bertz CT molecular complexity index is 662. The summed E-state index contributed by atoms with van der Waals surface area (Å²) in [5, 5.41) is 3.45. The fourth-order valence-electron chi connectivity index (χ4n) is 2.45. The van der Waals surface area contributed by atoms with Crippen LogP contribution in [0.5, 0.6) is 0 Å². The van der Waals surface area contributed by atoms with E-state index >= 15 is 0 Å². The fraction of sp³-hybridized carbons (Fsp3) is 0.353. The Balaban J connectivity index is 2.42. The van der Waals surface area contributed by atoms with Gasteiger partial charge >= 0.3 is 6.03 Å².